The van der Waals surface area contributed by atoms with Crippen molar-refractivity contribution >= 4 is 5.97 Å². The molecule has 2 aromatic carbocycles. The highest BCUT2D eigenvalue weighted by Gasteiger charge is 2.41. The summed E-state index contributed by atoms with van der Waals surface area (Å²) in [4.78, 5) is 15.7. The van der Waals surface area contributed by atoms with Gasteiger partial charge in [0.1, 0.15) is 12.1 Å². The largest absolute Gasteiger partial charge is 0.460 e. The van der Waals surface area contributed by atoms with Gasteiger partial charge in [-0.1, -0.05) is 54.6 Å². The first kappa shape index (κ1) is 17.0. The molecule has 0 aromatic heterocycles. The Labute approximate surface area is 160 Å². The van der Waals surface area contributed by atoms with Gasteiger partial charge in [0.25, 0.3) is 0 Å². The monoisotopic (exact) mass is 362 g/mol. The lowest BCUT2D eigenvalue weighted by atomic mass is 9.80. The molecular formula is C23H26N2O2. The van der Waals surface area contributed by atoms with Crippen LogP contribution in [0.2, 0.25) is 0 Å². The van der Waals surface area contributed by atoms with Crippen LogP contribution >= 0.6 is 0 Å². The Hall–Kier alpha value is -2.17. The van der Waals surface area contributed by atoms with E-state index in [0.717, 1.165) is 38.0 Å². The summed E-state index contributed by atoms with van der Waals surface area (Å²) in [5.41, 5.74) is 3.66. The Morgan fingerprint density at radius 2 is 1.74 bits per heavy atom. The van der Waals surface area contributed by atoms with Crippen LogP contribution in [0.15, 0.2) is 54.6 Å². The number of esters is 1. The molecule has 2 bridgehead atoms. The van der Waals surface area contributed by atoms with Crippen LogP contribution in [-0.4, -0.2) is 42.6 Å². The van der Waals surface area contributed by atoms with Gasteiger partial charge in [0.2, 0.25) is 0 Å². The molecule has 0 amide bonds. The number of fused-ring (bicyclic) bond motifs is 4. The van der Waals surface area contributed by atoms with E-state index in [9.17, 15) is 4.79 Å². The van der Waals surface area contributed by atoms with Crippen LogP contribution in [0.5, 0.6) is 0 Å². The average molecular weight is 362 g/mol. The van der Waals surface area contributed by atoms with Crippen molar-refractivity contribution in [3.05, 3.63) is 71.3 Å². The van der Waals surface area contributed by atoms with Crippen LogP contribution in [0.25, 0.3) is 0 Å². The Balaban J connectivity index is 1.43. The van der Waals surface area contributed by atoms with Gasteiger partial charge in [-0.15, -0.1) is 0 Å². The van der Waals surface area contributed by atoms with Crippen molar-refractivity contribution in [1.29, 1.82) is 0 Å². The maximum absolute atomic E-state index is 13.2. The maximum atomic E-state index is 13.2. The summed E-state index contributed by atoms with van der Waals surface area (Å²) in [7, 11) is 0. The van der Waals surface area contributed by atoms with E-state index < -0.39 is 0 Å². The molecule has 140 valence electrons. The second-order valence-electron chi connectivity index (χ2n) is 8.06. The van der Waals surface area contributed by atoms with Crippen LogP contribution in [0.3, 0.4) is 0 Å². The molecule has 0 saturated carbocycles. The van der Waals surface area contributed by atoms with Gasteiger partial charge in [0.15, 0.2) is 0 Å². The third kappa shape index (κ3) is 3.17. The minimum Gasteiger partial charge on any atom is -0.460 e. The third-order valence-corrected chi connectivity index (χ3v) is 6.51. The van der Waals surface area contributed by atoms with E-state index in [0.29, 0.717) is 12.5 Å². The van der Waals surface area contributed by atoms with Crippen molar-refractivity contribution < 1.29 is 9.53 Å². The average Bonchev–Trinajstić information content (AvgIpc) is 2.74. The van der Waals surface area contributed by atoms with Crippen LogP contribution in [0.4, 0.5) is 0 Å². The topological polar surface area (TPSA) is 41.6 Å². The van der Waals surface area contributed by atoms with Gasteiger partial charge in [-0.3, -0.25) is 15.0 Å². The number of carbonyl (C=O) groups excluding carboxylic acids is 1. The lowest BCUT2D eigenvalue weighted by Gasteiger charge is -2.44. The van der Waals surface area contributed by atoms with E-state index >= 15 is 0 Å². The highest BCUT2D eigenvalue weighted by atomic mass is 16.5. The number of benzene rings is 2. The van der Waals surface area contributed by atoms with E-state index in [1.54, 1.807) is 0 Å². The van der Waals surface area contributed by atoms with Gasteiger partial charge in [-0.05, 0) is 48.5 Å². The lowest BCUT2D eigenvalue weighted by Crippen LogP contribution is -2.54. The summed E-state index contributed by atoms with van der Waals surface area (Å²) < 4.78 is 6.09. The first-order valence-electron chi connectivity index (χ1n) is 10.1. The second kappa shape index (κ2) is 7.10. The quantitative estimate of drug-likeness (QED) is 0.853. The summed E-state index contributed by atoms with van der Waals surface area (Å²) in [5.74, 6) is 0.423. The van der Waals surface area contributed by atoms with Crippen molar-refractivity contribution in [1.82, 2.24) is 10.2 Å². The Morgan fingerprint density at radius 3 is 2.48 bits per heavy atom. The predicted octanol–water partition coefficient (Wildman–Crippen LogP) is 2.93. The minimum absolute atomic E-state index is 0.00951. The molecule has 4 nitrogen and oxygen atoms in total. The van der Waals surface area contributed by atoms with Gasteiger partial charge in [0, 0.05) is 19.0 Å². The highest BCUT2D eigenvalue weighted by Crippen LogP contribution is 2.36. The molecule has 0 radical (unpaired) electrons. The van der Waals surface area contributed by atoms with Crippen molar-refractivity contribution in [2.45, 2.75) is 37.5 Å². The smallest absolute Gasteiger partial charge is 0.324 e. The molecule has 0 unspecified atom stereocenters. The van der Waals surface area contributed by atoms with Crippen LogP contribution < -0.4 is 5.32 Å². The van der Waals surface area contributed by atoms with Crippen LogP contribution in [0.1, 0.15) is 35.4 Å². The number of rotatable bonds is 3. The van der Waals surface area contributed by atoms with Crippen molar-refractivity contribution in [3.8, 4) is 0 Å². The second-order valence-corrected chi connectivity index (χ2v) is 8.06. The van der Waals surface area contributed by atoms with Crippen molar-refractivity contribution in [3.63, 3.8) is 0 Å². The first-order valence-corrected chi connectivity index (χ1v) is 10.1. The molecule has 1 N–H and O–H groups in total. The summed E-state index contributed by atoms with van der Waals surface area (Å²) in [6.07, 6.45) is 2.36. The summed E-state index contributed by atoms with van der Waals surface area (Å²) in [6, 6.07) is 18.4. The zero-order chi connectivity index (χ0) is 18.2. The van der Waals surface area contributed by atoms with Crippen LogP contribution in [-0.2, 0) is 16.1 Å². The molecule has 4 heterocycles. The van der Waals surface area contributed by atoms with E-state index in [1.807, 2.05) is 18.2 Å². The number of hydrogen-bond acceptors (Lipinski definition) is 4. The minimum atomic E-state index is -0.335. The fourth-order valence-corrected chi connectivity index (χ4v) is 5.03. The van der Waals surface area contributed by atoms with Gasteiger partial charge < -0.3 is 4.74 Å². The summed E-state index contributed by atoms with van der Waals surface area (Å²) in [6.45, 7) is 3.91. The zero-order valence-electron chi connectivity index (χ0n) is 15.5. The number of piperidine rings is 3. The molecule has 27 heavy (non-hydrogen) atoms. The van der Waals surface area contributed by atoms with Gasteiger partial charge in [-0.25, -0.2) is 0 Å². The molecule has 4 aliphatic rings. The molecule has 0 spiro atoms. The fourth-order valence-electron chi connectivity index (χ4n) is 5.03. The Kier molecular flexibility index (Phi) is 4.46. The molecular weight excluding hydrogens is 336 g/mol. The molecule has 2 aromatic rings. The standard InChI is InChI=1S/C23H26N2O2/c26-23(27-20-15-25-12-10-16(20)11-13-25)22-21(17-6-2-1-3-7-17)19-9-5-4-8-18(19)14-24-22/h1-9,16,20-22,24H,10-15H2/t20-,21-,22+/m1/s1. The lowest BCUT2D eigenvalue weighted by molar-refractivity contribution is -0.162. The zero-order valence-corrected chi connectivity index (χ0v) is 15.5. The molecule has 4 aliphatic heterocycles. The van der Waals surface area contributed by atoms with Gasteiger partial charge in [-0.2, -0.15) is 0 Å². The highest BCUT2D eigenvalue weighted by molar-refractivity contribution is 5.79. The Bertz CT molecular complexity index is 814. The predicted molar refractivity (Wildman–Crippen MR) is 104 cm³/mol. The fraction of sp³-hybridized carbons (Fsp3) is 0.435. The van der Waals surface area contributed by atoms with E-state index in [4.69, 9.17) is 4.74 Å². The van der Waals surface area contributed by atoms with E-state index in [1.165, 1.54) is 11.1 Å². The summed E-state index contributed by atoms with van der Waals surface area (Å²) >= 11 is 0. The van der Waals surface area contributed by atoms with Crippen molar-refractivity contribution in [2.24, 2.45) is 5.92 Å². The van der Waals surface area contributed by atoms with E-state index in [2.05, 4.69) is 46.6 Å². The number of ether oxygens (including phenoxy) is 1. The molecule has 6 rings (SSSR count). The van der Waals surface area contributed by atoms with Crippen LogP contribution in [0, 0.1) is 5.92 Å². The number of carbonyl (C=O) groups is 1. The van der Waals surface area contributed by atoms with Gasteiger partial charge in [0.05, 0.1) is 0 Å². The SMILES string of the molecule is O=C(O[C@@H]1CN2CCC1CC2)[C@H]1NCc2ccccc2[C@H]1c1ccccc1. The first-order chi connectivity index (χ1) is 13.3. The number of nitrogens with one attached hydrogen (secondary N) is 1. The molecule has 3 saturated heterocycles. The third-order valence-electron chi connectivity index (χ3n) is 6.51. The van der Waals surface area contributed by atoms with E-state index in [-0.39, 0.29) is 24.0 Å². The molecule has 0 aliphatic carbocycles. The number of nitrogens with zero attached hydrogens (tertiary/aromatic N) is 1. The molecule has 3 fully saturated rings. The number of hydrogen-bond donors (Lipinski definition) is 1. The summed E-state index contributed by atoms with van der Waals surface area (Å²) in [5, 5.41) is 3.47. The molecule has 4 heteroatoms. The molecule has 3 atom stereocenters. The Morgan fingerprint density at radius 1 is 1.00 bits per heavy atom. The maximum Gasteiger partial charge on any atom is 0.324 e. The van der Waals surface area contributed by atoms with Gasteiger partial charge >= 0.3 is 5.97 Å². The normalized spacial score (nSPS) is 31.9. The van der Waals surface area contributed by atoms with Crippen molar-refractivity contribution in [2.75, 3.05) is 19.6 Å².